The van der Waals surface area contributed by atoms with Crippen LogP contribution in [0, 0.1) is 0 Å². The van der Waals surface area contributed by atoms with Crippen molar-refractivity contribution in [2.75, 3.05) is 0 Å². The average Bonchev–Trinajstić information content (AvgIpc) is 2.84. The summed E-state index contributed by atoms with van der Waals surface area (Å²) in [6, 6.07) is 20.1. The molecule has 0 aliphatic heterocycles. The smallest absolute Gasteiger partial charge is 0.182 e. The summed E-state index contributed by atoms with van der Waals surface area (Å²) in [5.74, 6) is 0.492. The van der Waals surface area contributed by atoms with Gasteiger partial charge in [-0.15, -0.1) is 10.2 Å². The first-order valence-electron chi connectivity index (χ1n) is 11.2. The first kappa shape index (κ1) is 22.7. The van der Waals surface area contributed by atoms with E-state index in [1.54, 1.807) is 12.1 Å². The normalized spacial score (nSPS) is 11.0. The third-order valence-corrected chi connectivity index (χ3v) is 5.84. The lowest BCUT2D eigenvalue weighted by Gasteiger charge is -2.14. The lowest BCUT2D eigenvalue weighted by Crippen LogP contribution is -2.01. The van der Waals surface area contributed by atoms with E-state index >= 15 is 0 Å². The molecule has 3 aromatic carbocycles. The summed E-state index contributed by atoms with van der Waals surface area (Å²) in [6.07, 6.45) is 5.08. The predicted molar refractivity (Wildman–Crippen MR) is 132 cm³/mol. The Hall–Kier alpha value is -3.44. The van der Waals surface area contributed by atoms with Crippen LogP contribution in [-0.2, 0) is 6.42 Å². The summed E-state index contributed by atoms with van der Waals surface area (Å²) < 4.78 is 0. The molecular formula is C27H26ClN3O2. The van der Waals surface area contributed by atoms with E-state index in [0.717, 1.165) is 48.8 Å². The van der Waals surface area contributed by atoms with Crippen LogP contribution in [0.25, 0.3) is 33.9 Å². The Labute approximate surface area is 198 Å². The van der Waals surface area contributed by atoms with E-state index in [0.29, 0.717) is 27.8 Å². The fraction of sp³-hybridized carbons (Fsp3) is 0.222. The number of hydrogen-bond acceptors (Lipinski definition) is 5. The van der Waals surface area contributed by atoms with Crippen LogP contribution in [0.15, 0.2) is 66.7 Å². The number of aryl methyl sites for hydroxylation is 1. The summed E-state index contributed by atoms with van der Waals surface area (Å²) >= 11 is 6.08. The number of aromatic nitrogens is 3. The monoisotopic (exact) mass is 459 g/mol. The molecule has 0 saturated heterocycles. The van der Waals surface area contributed by atoms with E-state index in [4.69, 9.17) is 16.6 Å². The van der Waals surface area contributed by atoms with Crippen molar-refractivity contribution in [3.63, 3.8) is 0 Å². The van der Waals surface area contributed by atoms with Gasteiger partial charge in [-0.05, 0) is 36.6 Å². The van der Waals surface area contributed by atoms with Crippen LogP contribution in [0.3, 0.4) is 0 Å². The molecule has 5 nitrogen and oxygen atoms in total. The van der Waals surface area contributed by atoms with Crippen LogP contribution in [0.4, 0.5) is 0 Å². The Balaban J connectivity index is 1.84. The number of unbranched alkanes of at least 4 members (excludes halogenated alkanes) is 3. The van der Waals surface area contributed by atoms with Crippen molar-refractivity contribution in [3.05, 3.63) is 77.3 Å². The van der Waals surface area contributed by atoms with Crippen molar-refractivity contribution in [3.8, 4) is 45.4 Å². The lowest BCUT2D eigenvalue weighted by atomic mass is 9.98. The minimum atomic E-state index is -0.0560. The molecule has 2 N–H and O–H groups in total. The zero-order chi connectivity index (χ0) is 23.2. The third kappa shape index (κ3) is 5.32. The third-order valence-electron chi connectivity index (χ3n) is 5.59. The largest absolute Gasteiger partial charge is 0.508 e. The van der Waals surface area contributed by atoms with Gasteiger partial charge in [0.2, 0.25) is 0 Å². The van der Waals surface area contributed by atoms with Gasteiger partial charge in [0.05, 0.1) is 0 Å². The van der Waals surface area contributed by atoms with Gasteiger partial charge in [-0.1, -0.05) is 80.3 Å². The Morgan fingerprint density at radius 3 is 2.24 bits per heavy atom. The number of aromatic hydroxyl groups is 2. The van der Waals surface area contributed by atoms with Gasteiger partial charge in [-0.25, -0.2) is 4.98 Å². The second kappa shape index (κ2) is 10.5. The highest BCUT2D eigenvalue weighted by Crippen LogP contribution is 2.39. The Bertz CT molecular complexity index is 1230. The van der Waals surface area contributed by atoms with Crippen LogP contribution in [-0.4, -0.2) is 25.4 Å². The second-order valence-corrected chi connectivity index (χ2v) is 8.45. The first-order chi connectivity index (χ1) is 16.1. The van der Waals surface area contributed by atoms with E-state index in [1.165, 1.54) is 6.07 Å². The Morgan fingerprint density at radius 1 is 0.758 bits per heavy atom. The fourth-order valence-electron chi connectivity index (χ4n) is 3.78. The van der Waals surface area contributed by atoms with Gasteiger partial charge in [0.25, 0.3) is 0 Å². The molecule has 168 valence electrons. The van der Waals surface area contributed by atoms with Gasteiger partial charge >= 0.3 is 0 Å². The van der Waals surface area contributed by atoms with Crippen molar-refractivity contribution in [1.82, 2.24) is 15.2 Å². The van der Waals surface area contributed by atoms with Gasteiger partial charge in [-0.3, -0.25) is 0 Å². The average molecular weight is 460 g/mol. The van der Waals surface area contributed by atoms with E-state index in [-0.39, 0.29) is 11.5 Å². The molecule has 0 fully saturated rings. The van der Waals surface area contributed by atoms with Crippen LogP contribution in [0.1, 0.15) is 38.2 Å². The number of benzene rings is 3. The molecular weight excluding hydrogens is 434 g/mol. The minimum Gasteiger partial charge on any atom is -0.508 e. The van der Waals surface area contributed by atoms with Crippen molar-refractivity contribution >= 4 is 11.6 Å². The minimum absolute atomic E-state index is 0.0560. The molecule has 0 aliphatic rings. The van der Waals surface area contributed by atoms with Crippen molar-refractivity contribution in [2.45, 2.75) is 39.0 Å². The van der Waals surface area contributed by atoms with Gasteiger partial charge < -0.3 is 10.2 Å². The van der Waals surface area contributed by atoms with Gasteiger partial charge in [0, 0.05) is 27.8 Å². The molecule has 0 atom stereocenters. The van der Waals surface area contributed by atoms with Crippen LogP contribution in [0.5, 0.6) is 11.5 Å². The highest BCUT2D eigenvalue weighted by Gasteiger charge is 2.19. The molecule has 0 aliphatic carbocycles. The maximum Gasteiger partial charge on any atom is 0.182 e. The van der Waals surface area contributed by atoms with E-state index in [2.05, 4.69) is 17.1 Å². The molecule has 1 aromatic heterocycles. The quantitative estimate of drug-likeness (QED) is 0.276. The second-order valence-electron chi connectivity index (χ2n) is 8.01. The fourth-order valence-corrected chi connectivity index (χ4v) is 3.91. The summed E-state index contributed by atoms with van der Waals surface area (Å²) in [6.45, 7) is 2.17. The standard InChI is InChI=1S/C27H26ClN3O2/c1-2-3-4-6-11-20-16-22(24(33)17-23(20)32)26-25(18-12-14-21(28)15-13-18)30-31-27(29-26)19-9-7-5-8-10-19/h5,7-10,12-17,32-33H,2-4,6,11H2,1H3. The number of nitrogens with zero attached hydrogens (tertiary/aromatic N) is 3. The molecule has 4 aromatic rings. The highest BCUT2D eigenvalue weighted by atomic mass is 35.5. The molecule has 0 amide bonds. The summed E-state index contributed by atoms with van der Waals surface area (Å²) in [5.41, 5.74) is 3.93. The number of phenolic OH excluding ortho intramolecular Hbond substituents is 2. The maximum absolute atomic E-state index is 10.8. The van der Waals surface area contributed by atoms with Gasteiger partial charge in [0.1, 0.15) is 22.9 Å². The predicted octanol–water partition coefficient (Wildman–Crippen LogP) is 7.06. The molecule has 0 bridgehead atoms. The molecule has 1 heterocycles. The molecule has 0 spiro atoms. The van der Waals surface area contributed by atoms with Crippen molar-refractivity contribution < 1.29 is 10.2 Å². The maximum atomic E-state index is 10.8. The van der Waals surface area contributed by atoms with Crippen molar-refractivity contribution in [2.24, 2.45) is 0 Å². The van der Waals surface area contributed by atoms with Crippen LogP contribution in [0.2, 0.25) is 5.02 Å². The Morgan fingerprint density at radius 2 is 1.52 bits per heavy atom. The number of phenols is 2. The van der Waals surface area contributed by atoms with Gasteiger partial charge in [0.15, 0.2) is 5.82 Å². The highest BCUT2D eigenvalue weighted by molar-refractivity contribution is 6.30. The van der Waals surface area contributed by atoms with Crippen LogP contribution >= 0.6 is 11.6 Å². The van der Waals surface area contributed by atoms with E-state index in [1.807, 2.05) is 48.5 Å². The molecule has 6 heteroatoms. The number of rotatable bonds is 8. The summed E-state index contributed by atoms with van der Waals surface area (Å²) in [5, 5.41) is 30.7. The number of hydrogen-bond donors (Lipinski definition) is 2. The van der Waals surface area contributed by atoms with Crippen LogP contribution < -0.4 is 0 Å². The summed E-state index contributed by atoms with van der Waals surface area (Å²) in [7, 11) is 0. The molecule has 0 radical (unpaired) electrons. The molecule has 0 saturated carbocycles. The summed E-state index contributed by atoms with van der Waals surface area (Å²) in [4.78, 5) is 4.81. The molecule has 4 rings (SSSR count). The van der Waals surface area contributed by atoms with Gasteiger partial charge in [-0.2, -0.15) is 0 Å². The van der Waals surface area contributed by atoms with Crippen molar-refractivity contribution in [1.29, 1.82) is 0 Å². The first-order valence-corrected chi connectivity index (χ1v) is 11.6. The zero-order valence-electron chi connectivity index (χ0n) is 18.5. The molecule has 0 unspecified atom stereocenters. The lowest BCUT2D eigenvalue weighted by molar-refractivity contribution is 0.446. The molecule has 33 heavy (non-hydrogen) atoms. The Kier molecular flexibility index (Phi) is 7.20. The van der Waals surface area contributed by atoms with E-state index < -0.39 is 0 Å². The number of halogens is 1. The van der Waals surface area contributed by atoms with E-state index in [9.17, 15) is 10.2 Å². The SMILES string of the molecule is CCCCCCc1cc(-c2nc(-c3ccccc3)nnc2-c2ccc(Cl)cc2)c(O)cc1O. The zero-order valence-corrected chi connectivity index (χ0v) is 19.3. The topological polar surface area (TPSA) is 79.1 Å².